The first-order valence-corrected chi connectivity index (χ1v) is 6.17. The number of halogens is 1. The summed E-state index contributed by atoms with van der Waals surface area (Å²) in [4.78, 5) is 10.4. The summed E-state index contributed by atoms with van der Waals surface area (Å²) in [5, 5.41) is 3.15. The molecule has 6 heteroatoms. The van der Waals surface area contributed by atoms with Crippen molar-refractivity contribution in [1.29, 1.82) is 0 Å². The fraction of sp³-hybridized carbons (Fsp3) is 0.462. The summed E-state index contributed by atoms with van der Waals surface area (Å²) in [5.41, 5.74) is 5.83. The molecule has 104 valence electrons. The highest BCUT2D eigenvalue weighted by Crippen LogP contribution is 2.28. The summed E-state index contributed by atoms with van der Waals surface area (Å²) >= 11 is 0. The van der Waals surface area contributed by atoms with Gasteiger partial charge in [0.15, 0.2) is 0 Å². The lowest BCUT2D eigenvalue weighted by molar-refractivity contribution is -0.122. The average Bonchev–Trinajstić information content (AvgIpc) is 2.75. The van der Waals surface area contributed by atoms with E-state index in [0.717, 1.165) is 11.3 Å². The van der Waals surface area contributed by atoms with Crippen LogP contribution in [-0.4, -0.2) is 38.3 Å². The summed E-state index contributed by atoms with van der Waals surface area (Å²) in [6, 6.07) is 4.55. The second kappa shape index (κ2) is 6.49. The first-order chi connectivity index (χ1) is 9.15. The maximum Gasteiger partial charge on any atom is 0.243 e. The van der Waals surface area contributed by atoms with Gasteiger partial charge in [0.25, 0.3) is 0 Å². The average molecular weight is 268 g/mol. The zero-order chi connectivity index (χ0) is 13.7. The lowest BCUT2D eigenvalue weighted by Crippen LogP contribution is -2.32. The number of hydrogen-bond acceptors (Lipinski definition) is 4. The van der Waals surface area contributed by atoms with Gasteiger partial charge in [-0.15, -0.1) is 0 Å². The molecular formula is C13H17FN2O3. The van der Waals surface area contributed by atoms with E-state index in [1.165, 1.54) is 12.1 Å². The minimum Gasteiger partial charge on any atom is -0.488 e. The summed E-state index contributed by atoms with van der Waals surface area (Å²) < 4.78 is 23.7. The number of nitrogens with two attached hydrogens (primary N) is 1. The predicted octanol–water partition coefficient (Wildman–Crippen LogP) is 0.221. The van der Waals surface area contributed by atoms with Gasteiger partial charge in [-0.05, 0) is 18.2 Å². The van der Waals surface area contributed by atoms with Crippen LogP contribution in [0.2, 0.25) is 0 Å². The quantitative estimate of drug-likeness (QED) is 0.694. The van der Waals surface area contributed by atoms with Gasteiger partial charge >= 0.3 is 0 Å². The summed E-state index contributed by atoms with van der Waals surface area (Å²) in [7, 11) is 0. The van der Waals surface area contributed by atoms with Gasteiger partial charge in [0, 0.05) is 25.1 Å². The Labute approximate surface area is 110 Å². The van der Waals surface area contributed by atoms with Crippen molar-refractivity contribution in [3.8, 4) is 5.75 Å². The van der Waals surface area contributed by atoms with Crippen LogP contribution in [0.3, 0.4) is 0 Å². The standard InChI is InChI=1S/C13H17FN2O3/c14-10-1-2-12-9(5-10)6-11(19-12)7-16-3-4-18-8-13(15)17/h1-2,5,11,16H,3-4,6-8H2,(H2,15,17). The van der Waals surface area contributed by atoms with E-state index in [4.69, 9.17) is 15.2 Å². The van der Waals surface area contributed by atoms with E-state index in [0.29, 0.717) is 26.1 Å². The molecular weight excluding hydrogens is 251 g/mol. The normalized spacial score (nSPS) is 17.0. The number of carbonyl (C=O) groups excluding carboxylic acids is 1. The summed E-state index contributed by atoms with van der Waals surface area (Å²) in [5.74, 6) is 0.0330. The minimum atomic E-state index is -0.475. The SMILES string of the molecule is NC(=O)COCCNCC1Cc2cc(F)ccc2O1. The highest BCUT2D eigenvalue weighted by molar-refractivity contribution is 5.74. The molecule has 2 rings (SSSR count). The van der Waals surface area contributed by atoms with Gasteiger partial charge in [0.1, 0.15) is 24.3 Å². The van der Waals surface area contributed by atoms with Crippen LogP contribution in [0.1, 0.15) is 5.56 Å². The Morgan fingerprint density at radius 3 is 3.21 bits per heavy atom. The van der Waals surface area contributed by atoms with Gasteiger partial charge in [0.2, 0.25) is 5.91 Å². The third-order valence-corrected chi connectivity index (χ3v) is 2.80. The third-order valence-electron chi connectivity index (χ3n) is 2.80. The smallest absolute Gasteiger partial charge is 0.243 e. The van der Waals surface area contributed by atoms with E-state index in [9.17, 15) is 9.18 Å². The van der Waals surface area contributed by atoms with Gasteiger partial charge in [-0.2, -0.15) is 0 Å². The van der Waals surface area contributed by atoms with Crippen LogP contribution in [0.4, 0.5) is 4.39 Å². The molecule has 0 saturated carbocycles. The van der Waals surface area contributed by atoms with Gasteiger partial charge in [0.05, 0.1) is 6.61 Å². The molecule has 1 unspecified atom stereocenters. The molecule has 1 aliphatic rings. The number of rotatable bonds is 7. The first-order valence-electron chi connectivity index (χ1n) is 6.17. The third kappa shape index (κ3) is 4.18. The van der Waals surface area contributed by atoms with Crippen LogP contribution in [0.5, 0.6) is 5.75 Å². The monoisotopic (exact) mass is 268 g/mol. The molecule has 0 radical (unpaired) electrons. The highest BCUT2D eigenvalue weighted by Gasteiger charge is 2.22. The molecule has 1 aromatic rings. The van der Waals surface area contributed by atoms with Crippen molar-refractivity contribution < 1.29 is 18.7 Å². The molecule has 0 saturated heterocycles. The molecule has 1 amide bonds. The summed E-state index contributed by atoms with van der Waals surface area (Å²) in [6.45, 7) is 1.61. The van der Waals surface area contributed by atoms with Crippen molar-refractivity contribution in [2.45, 2.75) is 12.5 Å². The fourth-order valence-electron chi connectivity index (χ4n) is 1.98. The van der Waals surface area contributed by atoms with Gasteiger partial charge in [-0.3, -0.25) is 4.79 Å². The van der Waals surface area contributed by atoms with Crippen LogP contribution in [0, 0.1) is 5.82 Å². The Balaban J connectivity index is 1.63. The molecule has 1 aliphatic heterocycles. The van der Waals surface area contributed by atoms with E-state index >= 15 is 0 Å². The topological polar surface area (TPSA) is 73.6 Å². The maximum atomic E-state index is 13.0. The van der Waals surface area contributed by atoms with Crippen LogP contribution in [0.25, 0.3) is 0 Å². The molecule has 5 nitrogen and oxygen atoms in total. The zero-order valence-corrected chi connectivity index (χ0v) is 10.5. The van der Waals surface area contributed by atoms with E-state index < -0.39 is 5.91 Å². The Morgan fingerprint density at radius 1 is 1.58 bits per heavy atom. The van der Waals surface area contributed by atoms with Crippen molar-refractivity contribution >= 4 is 5.91 Å². The lowest BCUT2D eigenvalue weighted by Gasteiger charge is -2.11. The molecule has 0 spiro atoms. The molecule has 1 heterocycles. The molecule has 0 aromatic heterocycles. The molecule has 19 heavy (non-hydrogen) atoms. The second-order valence-corrected chi connectivity index (χ2v) is 4.42. The van der Waals surface area contributed by atoms with E-state index in [1.54, 1.807) is 6.07 Å². The van der Waals surface area contributed by atoms with Crippen molar-refractivity contribution in [2.24, 2.45) is 5.73 Å². The lowest BCUT2D eigenvalue weighted by atomic mass is 10.1. The highest BCUT2D eigenvalue weighted by atomic mass is 19.1. The Bertz CT molecular complexity index is 454. The van der Waals surface area contributed by atoms with Crippen LogP contribution >= 0.6 is 0 Å². The number of carbonyl (C=O) groups is 1. The Kier molecular flexibility index (Phi) is 4.70. The molecule has 1 aromatic carbocycles. The van der Waals surface area contributed by atoms with Crippen LogP contribution < -0.4 is 15.8 Å². The molecule has 1 atom stereocenters. The second-order valence-electron chi connectivity index (χ2n) is 4.42. The van der Waals surface area contributed by atoms with Gasteiger partial charge in [-0.1, -0.05) is 0 Å². The van der Waals surface area contributed by atoms with Crippen LogP contribution in [0.15, 0.2) is 18.2 Å². The van der Waals surface area contributed by atoms with Gasteiger partial charge in [-0.25, -0.2) is 4.39 Å². The minimum absolute atomic E-state index is 0.00735. The Hall–Kier alpha value is -1.66. The summed E-state index contributed by atoms with van der Waals surface area (Å²) in [6.07, 6.45) is 0.704. The number of amides is 1. The number of ether oxygens (including phenoxy) is 2. The number of nitrogens with one attached hydrogen (secondary N) is 1. The number of primary amides is 1. The molecule has 0 fully saturated rings. The number of hydrogen-bond donors (Lipinski definition) is 2. The molecule has 0 bridgehead atoms. The van der Waals surface area contributed by atoms with E-state index in [-0.39, 0.29) is 18.5 Å². The molecule has 3 N–H and O–H groups in total. The van der Waals surface area contributed by atoms with Crippen LogP contribution in [-0.2, 0) is 16.0 Å². The maximum absolute atomic E-state index is 13.0. The number of benzene rings is 1. The Morgan fingerprint density at radius 2 is 2.42 bits per heavy atom. The molecule has 0 aliphatic carbocycles. The van der Waals surface area contributed by atoms with Crippen molar-refractivity contribution in [3.63, 3.8) is 0 Å². The largest absolute Gasteiger partial charge is 0.488 e. The van der Waals surface area contributed by atoms with Gasteiger partial charge < -0.3 is 20.5 Å². The zero-order valence-electron chi connectivity index (χ0n) is 10.5. The van der Waals surface area contributed by atoms with Crippen molar-refractivity contribution in [2.75, 3.05) is 26.3 Å². The first kappa shape index (κ1) is 13.8. The number of fused-ring (bicyclic) bond motifs is 1. The van der Waals surface area contributed by atoms with E-state index in [1.807, 2.05) is 0 Å². The van der Waals surface area contributed by atoms with E-state index in [2.05, 4.69) is 5.32 Å². The van der Waals surface area contributed by atoms with Crippen molar-refractivity contribution in [1.82, 2.24) is 5.32 Å². The van der Waals surface area contributed by atoms with Crippen molar-refractivity contribution in [3.05, 3.63) is 29.6 Å². The fourth-order valence-corrected chi connectivity index (χ4v) is 1.98. The predicted molar refractivity (Wildman–Crippen MR) is 67.4 cm³/mol.